The lowest BCUT2D eigenvalue weighted by molar-refractivity contribution is -0.236. The molecule has 170 valence electrons. The summed E-state index contributed by atoms with van der Waals surface area (Å²) in [6.07, 6.45) is 1.00. The fraction of sp³-hybridized carbons (Fsp3) is 0.652. The lowest BCUT2D eigenvalue weighted by Crippen LogP contribution is -2.46. The quantitative estimate of drug-likeness (QED) is 0.684. The minimum Gasteiger partial charge on any atom is -0.497 e. The summed E-state index contributed by atoms with van der Waals surface area (Å²) in [6, 6.07) is 3.84. The number of aliphatic hydroxyl groups excluding tert-OH is 1. The molecule has 1 saturated heterocycles. The molecular formula is C23H34N4O4. The number of aromatic nitrogens is 2. The normalized spacial score (nSPS) is 24.8. The zero-order chi connectivity index (χ0) is 22.7. The predicted octanol–water partition coefficient (Wildman–Crippen LogP) is 2.27. The molecule has 1 aliphatic carbocycles. The lowest BCUT2D eigenvalue weighted by atomic mass is 10.0. The van der Waals surface area contributed by atoms with Crippen molar-refractivity contribution in [3.63, 3.8) is 0 Å². The number of fused-ring (bicyclic) bond motifs is 2. The van der Waals surface area contributed by atoms with Gasteiger partial charge in [-0.2, -0.15) is 0 Å². The zero-order valence-corrected chi connectivity index (χ0v) is 19.5. The summed E-state index contributed by atoms with van der Waals surface area (Å²) in [7, 11) is 1.64. The van der Waals surface area contributed by atoms with Gasteiger partial charge in [0.05, 0.1) is 29.5 Å². The van der Waals surface area contributed by atoms with Crippen molar-refractivity contribution in [3.05, 3.63) is 29.8 Å². The van der Waals surface area contributed by atoms with Gasteiger partial charge in [-0.25, -0.2) is 4.98 Å². The Kier molecular flexibility index (Phi) is 5.31. The molecule has 3 heterocycles. The molecule has 2 unspecified atom stereocenters. The van der Waals surface area contributed by atoms with Crippen LogP contribution in [0.5, 0.6) is 5.75 Å². The molecule has 1 saturated carbocycles. The molecule has 0 aromatic carbocycles. The molecule has 0 bridgehead atoms. The van der Waals surface area contributed by atoms with Gasteiger partial charge >= 0.3 is 0 Å². The second-order valence-corrected chi connectivity index (χ2v) is 10.3. The average Bonchev–Trinajstić information content (AvgIpc) is 3.00. The van der Waals surface area contributed by atoms with Gasteiger partial charge in [-0.1, -0.05) is 0 Å². The highest BCUT2D eigenvalue weighted by atomic mass is 16.6. The van der Waals surface area contributed by atoms with Crippen molar-refractivity contribution >= 4 is 11.4 Å². The molecule has 0 radical (unpaired) electrons. The Labute approximate surface area is 183 Å². The molecule has 1 aliphatic heterocycles. The number of amides is 1. The monoisotopic (exact) mass is 430 g/mol. The molecule has 4 atom stereocenters. The third-order valence-corrected chi connectivity index (χ3v) is 6.33. The molecule has 31 heavy (non-hydrogen) atoms. The van der Waals surface area contributed by atoms with Gasteiger partial charge in [0.25, 0.3) is 0 Å². The molecule has 2 aliphatic rings. The summed E-state index contributed by atoms with van der Waals surface area (Å²) in [4.78, 5) is 19.7. The third-order valence-electron chi connectivity index (χ3n) is 6.33. The van der Waals surface area contributed by atoms with E-state index in [2.05, 4.69) is 5.32 Å². The number of likely N-dealkylation sites (tertiary alicyclic amines) is 1. The summed E-state index contributed by atoms with van der Waals surface area (Å²) in [5.74, 6) is 2.11. The van der Waals surface area contributed by atoms with Crippen LogP contribution in [-0.4, -0.2) is 57.5 Å². The van der Waals surface area contributed by atoms with Crippen LogP contribution >= 0.6 is 0 Å². The molecular weight excluding hydrogens is 396 g/mol. The van der Waals surface area contributed by atoms with Gasteiger partial charge in [0.1, 0.15) is 11.6 Å². The second kappa shape index (κ2) is 7.46. The number of carbonyl (C=O) groups is 1. The maximum absolute atomic E-state index is 13.1. The van der Waals surface area contributed by atoms with Crippen molar-refractivity contribution in [1.29, 1.82) is 0 Å². The second-order valence-electron chi connectivity index (χ2n) is 10.3. The maximum atomic E-state index is 13.1. The first-order valence-electron chi connectivity index (χ1n) is 10.9. The van der Waals surface area contributed by atoms with E-state index in [1.807, 2.05) is 69.2 Å². The fourth-order valence-electron chi connectivity index (χ4n) is 4.75. The van der Waals surface area contributed by atoms with Crippen molar-refractivity contribution in [3.8, 4) is 5.75 Å². The summed E-state index contributed by atoms with van der Waals surface area (Å²) in [6.45, 7) is 13.0. The van der Waals surface area contributed by atoms with E-state index in [-0.39, 0.29) is 23.7 Å². The highest BCUT2D eigenvalue weighted by Gasteiger charge is 2.60. The number of nitrogens with zero attached hydrogens (tertiary/aromatic N) is 3. The molecule has 2 aromatic rings. The van der Waals surface area contributed by atoms with E-state index in [9.17, 15) is 9.90 Å². The van der Waals surface area contributed by atoms with Crippen LogP contribution in [0.3, 0.4) is 0 Å². The number of piperidine rings is 1. The molecule has 2 aromatic heterocycles. The van der Waals surface area contributed by atoms with E-state index in [1.165, 1.54) is 0 Å². The molecule has 2 fully saturated rings. The maximum Gasteiger partial charge on any atom is 0.224 e. The fourth-order valence-corrected chi connectivity index (χ4v) is 4.75. The van der Waals surface area contributed by atoms with E-state index in [4.69, 9.17) is 14.5 Å². The summed E-state index contributed by atoms with van der Waals surface area (Å²) in [5.41, 5.74) is 0.808. The van der Waals surface area contributed by atoms with Crippen LogP contribution in [0.25, 0.3) is 5.52 Å². The Hall–Kier alpha value is -2.16. The molecule has 1 amide bonds. The zero-order valence-electron chi connectivity index (χ0n) is 19.5. The number of rotatable bonds is 6. The number of methoxy groups -OCH3 is 1. The molecule has 4 rings (SSSR count). The Morgan fingerprint density at radius 1 is 1.26 bits per heavy atom. The number of carbonyl (C=O) groups excluding carboxylic acids is 1. The van der Waals surface area contributed by atoms with Crippen LogP contribution in [0, 0.1) is 24.7 Å². The van der Waals surface area contributed by atoms with Crippen LogP contribution in [0.4, 0.5) is 0 Å². The number of hydrogen-bond donors (Lipinski definition) is 2. The number of hydrogen-bond acceptors (Lipinski definition) is 6. The van der Waals surface area contributed by atoms with Gasteiger partial charge in [0.15, 0.2) is 0 Å². The van der Waals surface area contributed by atoms with Crippen LogP contribution in [0.15, 0.2) is 18.3 Å². The summed E-state index contributed by atoms with van der Waals surface area (Å²) in [5, 5.41) is 13.5. The van der Waals surface area contributed by atoms with E-state index in [0.717, 1.165) is 22.8 Å². The Bertz CT molecular complexity index is 981. The molecule has 8 heteroatoms. The van der Waals surface area contributed by atoms with Gasteiger partial charge in [-0.3, -0.25) is 9.69 Å². The highest BCUT2D eigenvalue weighted by Crippen LogP contribution is 2.52. The summed E-state index contributed by atoms with van der Waals surface area (Å²) < 4.78 is 13.0. The van der Waals surface area contributed by atoms with Crippen LogP contribution in [-0.2, 0) is 15.1 Å². The highest BCUT2D eigenvalue weighted by molar-refractivity contribution is 5.83. The van der Waals surface area contributed by atoms with Crippen LogP contribution < -0.4 is 10.1 Å². The Morgan fingerprint density at radius 3 is 2.48 bits per heavy atom. The third kappa shape index (κ3) is 4.16. The van der Waals surface area contributed by atoms with Crippen LogP contribution in [0.2, 0.25) is 0 Å². The van der Waals surface area contributed by atoms with Crippen molar-refractivity contribution in [2.75, 3.05) is 20.2 Å². The SMILES string of the molecule is COc1ccn2c(C(C)(C)NC(=O)C3[C@H]4CN(C(O)OC(C)(C)C)C[C@@H]34)nc(C)c2c1. The predicted molar refractivity (Wildman–Crippen MR) is 117 cm³/mol. The van der Waals surface area contributed by atoms with Gasteiger partial charge in [0.2, 0.25) is 12.3 Å². The van der Waals surface area contributed by atoms with Gasteiger partial charge in [-0.05, 0) is 59.4 Å². The van der Waals surface area contributed by atoms with E-state index in [1.54, 1.807) is 7.11 Å². The average molecular weight is 431 g/mol. The first kappa shape index (κ1) is 22.0. The lowest BCUT2D eigenvalue weighted by Gasteiger charge is -2.31. The largest absolute Gasteiger partial charge is 0.497 e. The number of aliphatic hydroxyl groups is 1. The molecule has 8 nitrogen and oxygen atoms in total. The van der Waals surface area contributed by atoms with Gasteiger partial charge in [0, 0.05) is 31.3 Å². The van der Waals surface area contributed by atoms with Crippen molar-refractivity contribution in [1.82, 2.24) is 19.6 Å². The minimum atomic E-state index is -0.927. The molecule has 2 N–H and O–H groups in total. The van der Waals surface area contributed by atoms with Gasteiger partial charge < -0.3 is 24.3 Å². The number of aryl methyl sites for hydroxylation is 1. The van der Waals surface area contributed by atoms with Crippen molar-refractivity contribution in [2.24, 2.45) is 17.8 Å². The Morgan fingerprint density at radius 2 is 1.90 bits per heavy atom. The van der Waals surface area contributed by atoms with E-state index >= 15 is 0 Å². The van der Waals surface area contributed by atoms with E-state index in [0.29, 0.717) is 13.1 Å². The molecule has 0 spiro atoms. The minimum absolute atomic E-state index is 0.0234. The summed E-state index contributed by atoms with van der Waals surface area (Å²) >= 11 is 0. The number of imidazole rings is 1. The van der Waals surface area contributed by atoms with E-state index < -0.39 is 17.6 Å². The number of ether oxygens (including phenoxy) is 2. The standard InChI is InChI=1S/C23H34N4O4/c1-13-17-10-14(30-7)8-9-27(17)20(24-13)23(5,6)25-19(28)18-15-11-26(12-16(15)18)21(29)31-22(2,3)4/h8-10,15-16,18,21,29H,11-12H2,1-7H3,(H,25,28)/t15-,16+,18?,21?. The number of nitrogens with one attached hydrogen (secondary N) is 1. The first-order chi connectivity index (χ1) is 14.4. The first-order valence-corrected chi connectivity index (χ1v) is 10.9. The van der Waals surface area contributed by atoms with Crippen molar-refractivity contribution < 1.29 is 19.4 Å². The Balaban J connectivity index is 1.42. The number of pyridine rings is 1. The van der Waals surface area contributed by atoms with Crippen LogP contribution in [0.1, 0.15) is 46.1 Å². The smallest absolute Gasteiger partial charge is 0.224 e. The topological polar surface area (TPSA) is 88.3 Å². The van der Waals surface area contributed by atoms with Crippen molar-refractivity contribution in [2.45, 2.75) is 59.1 Å². The van der Waals surface area contributed by atoms with Gasteiger partial charge in [-0.15, -0.1) is 0 Å².